The molecule has 8 heavy (non-hydrogen) atoms. The Morgan fingerprint density at radius 3 is 2.75 bits per heavy atom. The van der Waals surface area contributed by atoms with Crippen LogP contribution in [0.25, 0.3) is 0 Å². The molecule has 3 heteroatoms. The van der Waals surface area contributed by atoms with Crippen LogP contribution < -0.4 is 0 Å². The highest BCUT2D eigenvalue weighted by Gasteiger charge is 2.26. The summed E-state index contributed by atoms with van der Waals surface area (Å²) in [6, 6.07) is 0. The number of alkyl halides is 2. The average molecular weight is 230 g/mol. The van der Waals surface area contributed by atoms with Crippen molar-refractivity contribution in [2.45, 2.75) is 18.7 Å². The molecule has 1 heterocycles. The highest BCUT2D eigenvalue weighted by molar-refractivity contribution is 14.1. The van der Waals surface area contributed by atoms with Crippen LogP contribution in [0.3, 0.4) is 0 Å². The lowest BCUT2D eigenvalue weighted by Gasteiger charge is -2.05. The number of ether oxygens (including phenoxy) is 1. The van der Waals surface area contributed by atoms with Gasteiger partial charge in [-0.2, -0.15) is 0 Å². The van der Waals surface area contributed by atoms with E-state index in [0.717, 1.165) is 4.43 Å². The van der Waals surface area contributed by atoms with E-state index < -0.39 is 6.17 Å². The van der Waals surface area contributed by atoms with E-state index in [2.05, 4.69) is 22.6 Å². The summed E-state index contributed by atoms with van der Waals surface area (Å²) >= 11 is 2.14. The molecule has 1 rings (SSSR count). The van der Waals surface area contributed by atoms with Gasteiger partial charge in [0.05, 0.1) is 6.10 Å². The summed E-state index contributed by atoms with van der Waals surface area (Å²) in [6.45, 7) is 0.606. The molecular formula is C5H8FIO. The zero-order valence-electron chi connectivity index (χ0n) is 4.44. The number of halogens is 2. The summed E-state index contributed by atoms with van der Waals surface area (Å²) in [7, 11) is 0. The standard InChI is InChI=1S/C5H8FIO/c6-4-1-2-8-5(4)3-7/h4-5H,1-3H2/t4-,5-/m0/s1. The first-order chi connectivity index (χ1) is 3.84. The monoisotopic (exact) mass is 230 g/mol. The fraction of sp³-hybridized carbons (Fsp3) is 1.00. The maximum atomic E-state index is 12.5. The highest BCUT2D eigenvalue weighted by Crippen LogP contribution is 2.18. The Labute approximate surface area is 61.7 Å². The molecule has 0 aliphatic carbocycles. The zero-order chi connectivity index (χ0) is 5.98. The second-order valence-electron chi connectivity index (χ2n) is 1.87. The molecule has 0 unspecified atom stereocenters. The van der Waals surface area contributed by atoms with Crippen molar-refractivity contribution < 1.29 is 9.13 Å². The van der Waals surface area contributed by atoms with Gasteiger partial charge in [-0.3, -0.25) is 0 Å². The normalized spacial score (nSPS) is 38.2. The van der Waals surface area contributed by atoms with Crippen LogP contribution in [0.1, 0.15) is 6.42 Å². The molecule has 0 saturated carbocycles. The third-order valence-corrected chi connectivity index (χ3v) is 2.15. The van der Waals surface area contributed by atoms with E-state index >= 15 is 0 Å². The molecule has 1 aliphatic heterocycles. The summed E-state index contributed by atoms with van der Waals surface area (Å²) < 4.78 is 18.3. The SMILES string of the molecule is F[C@H]1CCO[C@H]1CI. The summed E-state index contributed by atoms with van der Waals surface area (Å²) in [6.07, 6.45) is -0.226. The highest BCUT2D eigenvalue weighted by atomic mass is 127. The van der Waals surface area contributed by atoms with E-state index in [1.807, 2.05) is 0 Å². The Balaban J connectivity index is 2.30. The predicted molar refractivity (Wildman–Crippen MR) is 38.1 cm³/mol. The second-order valence-corrected chi connectivity index (χ2v) is 2.75. The Bertz CT molecular complexity index is 78.8. The minimum atomic E-state index is -0.702. The molecule has 0 aromatic carbocycles. The van der Waals surface area contributed by atoms with Crippen molar-refractivity contribution in [3.8, 4) is 0 Å². The van der Waals surface area contributed by atoms with Crippen molar-refractivity contribution in [2.24, 2.45) is 0 Å². The molecule has 0 bridgehead atoms. The topological polar surface area (TPSA) is 9.23 Å². The number of hydrogen-bond acceptors (Lipinski definition) is 1. The van der Waals surface area contributed by atoms with E-state index in [1.165, 1.54) is 0 Å². The summed E-state index contributed by atoms with van der Waals surface area (Å²) in [5, 5.41) is 0. The van der Waals surface area contributed by atoms with Crippen molar-refractivity contribution in [2.75, 3.05) is 11.0 Å². The van der Waals surface area contributed by atoms with Crippen LogP contribution in [0.15, 0.2) is 0 Å². The van der Waals surface area contributed by atoms with Crippen LogP contribution in [-0.4, -0.2) is 23.3 Å². The van der Waals surface area contributed by atoms with E-state index in [-0.39, 0.29) is 6.10 Å². The van der Waals surface area contributed by atoms with Gasteiger partial charge in [-0.25, -0.2) is 4.39 Å². The van der Waals surface area contributed by atoms with Gasteiger partial charge in [0.25, 0.3) is 0 Å². The number of hydrogen-bond donors (Lipinski definition) is 0. The quantitative estimate of drug-likeness (QED) is 0.490. The Kier molecular flexibility index (Phi) is 2.49. The van der Waals surface area contributed by atoms with Gasteiger partial charge in [0.2, 0.25) is 0 Å². The van der Waals surface area contributed by atoms with Gasteiger partial charge in [0.1, 0.15) is 6.17 Å². The molecule has 2 atom stereocenters. The molecular weight excluding hydrogens is 222 g/mol. The minimum Gasteiger partial charge on any atom is -0.374 e. The predicted octanol–water partition coefficient (Wildman–Crippen LogP) is 1.55. The first-order valence-corrected chi connectivity index (χ1v) is 4.19. The summed E-state index contributed by atoms with van der Waals surface area (Å²) in [5.41, 5.74) is 0. The molecule has 1 aliphatic rings. The Hall–Kier alpha value is 0.620. The minimum absolute atomic E-state index is 0.115. The molecule has 0 aromatic rings. The van der Waals surface area contributed by atoms with Gasteiger partial charge in [-0.05, 0) is 0 Å². The van der Waals surface area contributed by atoms with Crippen LogP contribution in [0.5, 0.6) is 0 Å². The first-order valence-electron chi connectivity index (χ1n) is 2.66. The van der Waals surface area contributed by atoms with Gasteiger partial charge < -0.3 is 4.74 Å². The van der Waals surface area contributed by atoms with Crippen molar-refractivity contribution in [3.05, 3.63) is 0 Å². The largest absolute Gasteiger partial charge is 0.374 e. The number of rotatable bonds is 1. The van der Waals surface area contributed by atoms with Crippen molar-refractivity contribution in [1.29, 1.82) is 0 Å². The van der Waals surface area contributed by atoms with Crippen LogP contribution in [0, 0.1) is 0 Å². The van der Waals surface area contributed by atoms with Gasteiger partial charge >= 0.3 is 0 Å². The van der Waals surface area contributed by atoms with E-state index in [9.17, 15) is 4.39 Å². The van der Waals surface area contributed by atoms with Gasteiger partial charge in [0, 0.05) is 17.5 Å². The van der Waals surface area contributed by atoms with E-state index in [4.69, 9.17) is 4.74 Å². The Morgan fingerprint density at radius 2 is 2.50 bits per heavy atom. The lowest BCUT2D eigenvalue weighted by Crippen LogP contribution is -2.17. The molecule has 1 nitrogen and oxygen atoms in total. The second kappa shape index (κ2) is 2.96. The zero-order valence-corrected chi connectivity index (χ0v) is 6.60. The Morgan fingerprint density at radius 1 is 1.75 bits per heavy atom. The van der Waals surface area contributed by atoms with Gasteiger partial charge in [0.15, 0.2) is 0 Å². The molecule has 0 aromatic heterocycles. The average Bonchev–Trinajstić information content (AvgIpc) is 2.14. The maximum absolute atomic E-state index is 12.5. The molecule has 1 saturated heterocycles. The lowest BCUT2D eigenvalue weighted by molar-refractivity contribution is 0.0984. The third kappa shape index (κ3) is 1.31. The smallest absolute Gasteiger partial charge is 0.129 e. The van der Waals surface area contributed by atoms with Crippen LogP contribution in [-0.2, 0) is 4.74 Å². The lowest BCUT2D eigenvalue weighted by atomic mass is 10.2. The molecule has 0 N–H and O–H groups in total. The van der Waals surface area contributed by atoms with Crippen molar-refractivity contribution >= 4 is 22.6 Å². The molecule has 48 valence electrons. The van der Waals surface area contributed by atoms with Crippen molar-refractivity contribution in [1.82, 2.24) is 0 Å². The summed E-state index contributed by atoms with van der Waals surface area (Å²) in [4.78, 5) is 0. The van der Waals surface area contributed by atoms with Crippen molar-refractivity contribution in [3.63, 3.8) is 0 Å². The van der Waals surface area contributed by atoms with Crippen LogP contribution >= 0.6 is 22.6 Å². The fourth-order valence-corrected chi connectivity index (χ4v) is 1.57. The fourth-order valence-electron chi connectivity index (χ4n) is 0.764. The maximum Gasteiger partial charge on any atom is 0.129 e. The molecule has 0 radical (unpaired) electrons. The molecule has 0 amide bonds. The van der Waals surface area contributed by atoms with Gasteiger partial charge in [-0.15, -0.1) is 0 Å². The molecule has 0 spiro atoms. The van der Waals surface area contributed by atoms with Gasteiger partial charge in [-0.1, -0.05) is 22.6 Å². The van der Waals surface area contributed by atoms with Crippen LogP contribution in [0.4, 0.5) is 4.39 Å². The van der Waals surface area contributed by atoms with Crippen LogP contribution in [0.2, 0.25) is 0 Å². The first kappa shape index (κ1) is 6.74. The third-order valence-electron chi connectivity index (χ3n) is 1.28. The van der Waals surface area contributed by atoms with E-state index in [1.54, 1.807) is 0 Å². The van der Waals surface area contributed by atoms with E-state index in [0.29, 0.717) is 13.0 Å². The summed E-state index contributed by atoms with van der Waals surface area (Å²) in [5.74, 6) is 0. The molecule has 1 fully saturated rings.